The van der Waals surface area contributed by atoms with Crippen LogP contribution in [0.4, 0.5) is 0 Å². The molecule has 0 unspecified atom stereocenters. The molecule has 0 saturated carbocycles. The number of nitrogens with zero attached hydrogens (tertiary/aromatic N) is 4. The lowest BCUT2D eigenvalue weighted by Gasteiger charge is -2.24. The molecular weight excluding hydrogens is 292 g/mol. The molecule has 0 atom stereocenters. The van der Waals surface area contributed by atoms with Crippen molar-refractivity contribution in [2.75, 3.05) is 61.5 Å². The molecule has 1 heterocycles. The van der Waals surface area contributed by atoms with Gasteiger partial charge in [-0.2, -0.15) is 0 Å². The van der Waals surface area contributed by atoms with E-state index in [9.17, 15) is 4.79 Å². The molecule has 0 aliphatic rings. The second kappa shape index (κ2) is 10.2. The summed E-state index contributed by atoms with van der Waals surface area (Å²) >= 11 is 0. The summed E-state index contributed by atoms with van der Waals surface area (Å²) in [5.41, 5.74) is 0.612. The molecule has 0 fully saturated rings. The Hall–Kier alpha value is -1.66. The number of hydrogen-bond donors (Lipinski definition) is 0. The Balaban J connectivity index is 2.68. The van der Waals surface area contributed by atoms with Gasteiger partial charge < -0.3 is 19.4 Å². The highest BCUT2D eigenvalue weighted by Crippen LogP contribution is 2.10. The van der Waals surface area contributed by atoms with Gasteiger partial charge >= 0.3 is 0 Å². The first kappa shape index (κ1) is 19.4. The highest BCUT2D eigenvalue weighted by Gasteiger charge is 2.16. The Kier molecular flexibility index (Phi) is 8.58. The van der Waals surface area contributed by atoms with Crippen LogP contribution < -0.4 is 4.74 Å². The van der Waals surface area contributed by atoms with E-state index in [0.717, 1.165) is 39.0 Å². The summed E-state index contributed by atoms with van der Waals surface area (Å²) < 4.78 is 5.04. The SMILES string of the molecule is COc1ccc(C(=O)N(CCCN(C)C)CCCN(C)C)cn1. The van der Waals surface area contributed by atoms with E-state index in [1.54, 1.807) is 25.4 Å². The van der Waals surface area contributed by atoms with Crippen LogP contribution in [-0.4, -0.2) is 87.1 Å². The molecule has 0 aliphatic carbocycles. The Morgan fingerprint density at radius 1 is 1.00 bits per heavy atom. The third-order valence-corrected chi connectivity index (χ3v) is 3.55. The molecule has 0 spiro atoms. The van der Waals surface area contributed by atoms with Gasteiger partial charge in [-0.15, -0.1) is 0 Å². The molecule has 6 heteroatoms. The molecule has 0 bridgehead atoms. The molecule has 6 nitrogen and oxygen atoms in total. The van der Waals surface area contributed by atoms with Crippen molar-refractivity contribution in [3.05, 3.63) is 23.9 Å². The molecule has 0 saturated heterocycles. The first-order valence-corrected chi connectivity index (χ1v) is 8.03. The maximum Gasteiger partial charge on any atom is 0.255 e. The largest absolute Gasteiger partial charge is 0.481 e. The van der Waals surface area contributed by atoms with Crippen LogP contribution in [0.5, 0.6) is 5.88 Å². The van der Waals surface area contributed by atoms with Gasteiger partial charge in [-0.1, -0.05) is 0 Å². The second-order valence-electron chi connectivity index (χ2n) is 6.20. The second-order valence-corrected chi connectivity index (χ2v) is 6.20. The highest BCUT2D eigenvalue weighted by atomic mass is 16.5. The third kappa shape index (κ3) is 7.43. The molecule has 1 aromatic rings. The molecule has 23 heavy (non-hydrogen) atoms. The predicted molar refractivity (Wildman–Crippen MR) is 93.0 cm³/mol. The van der Waals surface area contributed by atoms with Gasteiger partial charge in [0.1, 0.15) is 0 Å². The van der Waals surface area contributed by atoms with Crippen LogP contribution >= 0.6 is 0 Å². The fourth-order valence-corrected chi connectivity index (χ4v) is 2.28. The van der Waals surface area contributed by atoms with E-state index in [-0.39, 0.29) is 5.91 Å². The van der Waals surface area contributed by atoms with Gasteiger partial charge in [0, 0.05) is 25.4 Å². The number of methoxy groups -OCH3 is 1. The lowest BCUT2D eigenvalue weighted by Crippen LogP contribution is -2.35. The summed E-state index contributed by atoms with van der Waals surface area (Å²) in [6.07, 6.45) is 3.51. The Bertz CT molecular complexity index is 446. The summed E-state index contributed by atoms with van der Waals surface area (Å²) in [5, 5.41) is 0. The van der Waals surface area contributed by atoms with E-state index in [4.69, 9.17) is 4.74 Å². The Morgan fingerprint density at radius 3 is 1.96 bits per heavy atom. The molecule has 1 rings (SSSR count). The van der Waals surface area contributed by atoms with Gasteiger partial charge in [0.2, 0.25) is 5.88 Å². The zero-order valence-electron chi connectivity index (χ0n) is 15.1. The lowest BCUT2D eigenvalue weighted by atomic mass is 10.2. The minimum Gasteiger partial charge on any atom is -0.481 e. The topological polar surface area (TPSA) is 48.9 Å². The van der Waals surface area contributed by atoms with Crippen molar-refractivity contribution in [1.29, 1.82) is 0 Å². The zero-order chi connectivity index (χ0) is 17.2. The van der Waals surface area contributed by atoms with Gasteiger partial charge in [-0.3, -0.25) is 4.79 Å². The molecule has 0 N–H and O–H groups in total. The number of ether oxygens (including phenoxy) is 1. The number of rotatable bonds is 10. The summed E-state index contributed by atoms with van der Waals surface area (Å²) in [5.74, 6) is 0.561. The number of pyridine rings is 1. The standard InChI is InChI=1S/C17H30N4O2/c1-19(2)10-6-12-21(13-7-11-20(3)4)17(22)15-8-9-16(23-5)18-14-15/h8-9,14H,6-7,10-13H2,1-5H3. The fraction of sp³-hybridized carbons (Fsp3) is 0.647. The Labute approximate surface area is 140 Å². The number of aromatic nitrogens is 1. The van der Waals surface area contributed by atoms with Gasteiger partial charge in [-0.25, -0.2) is 4.98 Å². The van der Waals surface area contributed by atoms with Crippen molar-refractivity contribution >= 4 is 5.91 Å². The maximum atomic E-state index is 12.7. The fourth-order valence-electron chi connectivity index (χ4n) is 2.28. The van der Waals surface area contributed by atoms with Crippen LogP contribution in [0.2, 0.25) is 0 Å². The molecule has 0 radical (unpaired) electrons. The van der Waals surface area contributed by atoms with E-state index < -0.39 is 0 Å². The van der Waals surface area contributed by atoms with Gasteiger partial charge in [0.25, 0.3) is 5.91 Å². The lowest BCUT2D eigenvalue weighted by molar-refractivity contribution is 0.0744. The van der Waals surface area contributed by atoms with Crippen LogP contribution in [-0.2, 0) is 0 Å². The van der Waals surface area contributed by atoms with Crippen LogP contribution in [0.1, 0.15) is 23.2 Å². The van der Waals surface area contributed by atoms with E-state index in [1.165, 1.54) is 0 Å². The highest BCUT2D eigenvalue weighted by molar-refractivity contribution is 5.93. The number of carbonyl (C=O) groups excluding carboxylic acids is 1. The van der Waals surface area contributed by atoms with Crippen molar-refractivity contribution in [1.82, 2.24) is 19.7 Å². The molecule has 1 amide bonds. The van der Waals surface area contributed by atoms with Gasteiger partial charge in [0.15, 0.2) is 0 Å². The summed E-state index contributed by atoms with van der Waals surface area (Å²) in [4.78, 5) is 23.0. The quantitative estimate of drug-likeness (QED) is 0.652. The summed E-state index contributed by atoms with van der Waals surface area (Å²) in [7, 11) is 9.76. The average molecular weight is 322 g/mol. The zero-order valence-corrected chi connectivity index (χ0v) is 15.1. The molecule has 1 aromatic heterocycles. The maximum absolute atomic E-state index is 12.7. The number of carbonyl (C=O) groups is 1. The summed E-state index contributed by atoms with van der Waals surface area (Å²) in [6.45, 7) is 3.46. The van der Waals surface area contributed by atoms with Crippen molar-refractivity contribution in [2.45, 2.75) is 12.8 Å². The first-order chi connectivity index (χ1) is 10.9. The van der Waals surface area contributed by atoms with Crippen LogP contribution in [0.3, 0.4) is 0 Å². The minimum absolute atomic E-state index is 0.0395. The minimum atomic E-state index is 0.0395. The first-order valence-electron chi connectivity index (χ1n) is 8.03. The molecule has 130 valence electrons. The van der Waals surface area contributed by atoms with Crippen LogP contribution in [0.25, 0.3) is 0 Å². The molecule has 0 aliphatic heterocycles. The number of amides is 1. The number of hydrogen-bond acceptors (Lipinski definition) is 5. The predicted octanol–water partition coefficient (Wildman–Crippen LogP) is 1.44. The van der Waals surface area contributed by atoms with E-state index in [1.807, 2.05) is 33.1 Å². The molecular formula is C17H30N4O2. The van der Waals surface area contributed by atoms with Crippen LogP contribution in [0, 0.1) is 0 Å². The van der Waals surface area contributed by atoms with Gasteiger partial charge in [-0.05, 0) is 60.2 Å². The average Bonchev–Trinajstić information content (AvgIpc) is 2.52. The van der Waals surface area contributed by atoms with E-state index in [2.05, 4.69) is 14.8 Å². The van der Waals surface area contributed by atoms with Crippen LogP contribution in [0.15, 0.2) is 18.3 Å². The van der Waals surface area contributed by atoms with Crippen molar-refractivity contribution in [3.8, 4) is 5.88 Å². The van der Waals surface area contributed by atoms with Gasteiger partial charge in [0.05, 0.1) is 12.7 Å². The Morgan fingerprint density at radius 2 is 1.57 bits per heavy atom. The molecule has 0 aromatic carbocycles. The summed E-state index contributed by atoms with van der Waals surface area (Å²) in [6, 6.07) is 3.50. The monoisotopic (exact) mass is 322 g/mol. The van der Waals surface area contributed by atoms with Crippen molar-refractivity contribution < 1.29 is 9.53 Å². The van der Waals surface area contributed by atoms with E-state index >= 15 is 0 Å². The van der Waals surface area contributed by atoms with E-state index in [0.29, 0.717) is 11.4 Å². The van der Waals surface area contributed by atoms with Crippen molar-refractivity contribution in [2.24, 2.45) is 0 Å². The normalized spacial score (nSPS) is 11.1. The van der Waals surface area contributed by atoms with Crippen molar-refractivity contribution in [3.63, 3.8) is 0 Å². The third-order valence-electron chi connectivity index (χ3n) is 3.55. The smallest absolute Gasteiger partial charge is 0.255 e.